The molecule has 1 atom stereocenters. The highest BCUT2D eigenvalue weighted by molar-refractivity contribution is 5.96. The van der Waals surface area contributed by atoms with Crippen molar-refractivity contribution < 1.29 is 23.9 Å². The number of piperidine rings is 1. The minimum atomic E-state index is -0.333. The highest BCUT2D eigenvalue weighted by Gasteiger charge is 2.27. The van der Waals surface area contributed by atoms with E-state index in [2.05, 4.69) is 10.6 Å². The maximum Gasteiger partial charge on any atom is 0.310 e. The highest BCUT2D eigenvalue weighted by Crippen LogP contribution is 2.25. The van der Waals surface area contributed by atoms with Crippen molar-refractivity contribution in [3.05, 3.63) is 23.8 Å². The van der Waals surface area contributed by atoms with Crippen LogP contribution < -0.4 is 15.4 Å². The number of amides is 2. The molecule has 1 aliphatic heterocycles. The average Bonchev–Trinajstić information content (AvgIpc) is 2.67. The molecule has 2 rings (SSSR count). The lowest BCUT2D eigenvalue weighted by molar-refractivity contribution is -0.150. The van der Waals surface area contributed by atoms with E-state index < -0.39 is 0 Å². The van der Waals surface area contributed by atoms with Gasteiger partial charge >= 0.3 is 5.97 Å². The van der Waals surface area contributed by atoms with Gasteiger partial charge in [0.15, 0.2) is 0 Å². The molecule has 0 spiro atoms. The second-order valence-electron chi connectivity index (χ2n) is 6.85. The molecule has 0 bridgehead atoms. The third-order valence-electron chi connectivity index (χ3n) is 4.57. The summed E-state index contributed by atoms with van der Waals surface area (Å²) < 4.78 is 10.3. The maximum absolute atomic E-state index is 12.2. The molecule has 154 valence electrons. The predicted molar refractivity (Wildman–Crippen MR) is 105 cm³/mol. The van der Waals surface area contributed by atoms with Gasteiger partial charge in [-0.15, -0.1) is 0 Å². The smallest absolute Gasteiger partial charge is 0.310 e. The molecule has 8 nitrogen and oxygen atoms in total. The zero-order valence-corrected chi connectivity index (χ0v) is 16.7. The third kappa shape index (κ3) is 6.53. The number of likely N-dealkylation sites (tertiary alicyclic amines) is 1. The first-order valence-corrected chi connectivity index (χ1v) is 9.53. The number of nitrogens with one attached hydrogen (secondary N) is 2. The van der Waals surface area contributed by atoms with Crippen molar-refractivity contribution in [2.75, 3.05) is 45.2 Å². The molecule has 1 heterocycles. The lowest BCUT2D eigenvalue weighted by Gasteiger charge is -2.30. The molecule has 0 radical (unpaired) electrons. The molecule has 2 N–H and O–H groups in total. The Hall–Kier alpha value is -2.61. The Kier molecular flexibility index (Phi) is 8.25. The molecule has 1 aromatic carbocycles. The molecule has 2 amide bonds. The molecular weight excluding hydrogens is 362 g/mol. The Morgan fingerprint density at radius 2 is 2.04 bits per heavy atom. The van der Waals surface area contributed by atoms with Crippen LogP contribution in [-0.2, 0) is 19.1 Å². The van der Waals surface area contributed by atoms with Crippen molar-refractivity contribution in [2.45, 2.75) is 26.7 Å². The molecule has 1 fully saturated rings. The number of rotatable bonds is 8. The Bertz CT molecular complexity index is 707. The lowest BCUT2D eigenvalue weighted by atomic mass is 9.98. The van der Waals surface area contributed by atoms with Gasteiger partial charge in [-0.3, -0.25) is 19.3 Å². The van der Waals surface area contributed by atoms with E-state index in [-0.39, 0.29) is 36.8 Å². The van der Waals surface area contributed by atoms with Gasteiger partial charge in [0.2, 0.25) is 11.8 Å². The molecule has 0 aromatic heterocycles. The van der Waals surface area contributed by atoms with Gasteiger partial charge < -0.3 is 20.1 Å². The summed E-state index contributed by atoms with van der Waals surface area (Å²) >= 11 is 0. The largest absolute Gasteiger partial charge is 0.495 e. The SMILES string of the molecule is CCOC(=O)[C@@H]1CCCN(CC(=O)NCC(=O)Nc2cc(C)ccc2OC)C1. The first kappa shape index (κ1) is 21.7. The topological polar surface area (TPSA) is 97.0 Å². The van der Waals surface area contributed by atoms with E-state index in [0.717, 1.165) is 24.9 Å². The van der Waals surface area contributed by atoms with E-state index in [0.29, 0.717) is 24.6 Å². The summed E-state index contributed by atoms with van der Waals surface area (Å²) in [5.74, 6) is -0.433. The fraction of sp³-hybridized carbons (Fsp3) is 0.550. The molecule has 8 heteroatoms. The minimum absolute atomic E-state index is 0.134. The molecule has 1 saturated heterocycles. The number of ether oxygens (including phenoxy) is 2. The lowest BCUT2D eigenvalue weighted by Crippen LogP contribution is -2.45. The Morgan fingerprint density at radius 3 is 2.75 bits per heavy atom. The third-order valence-corrected chi connectivity index (χ3v) is 4.57. The first-order chi connectivity index (χ1) is 13.4. The Labute approximate surface area is 165 Å². The van der Waals surface area contributed by atoms with Crippen molar-refractivity contribution in [3.8, 4) is 5.75 Å². The predicted octanol–water partition coefficient (Wildman–Crippen LogP) is 1.33. The van der Waals surface area contributed by atoms with Crippen molar-refractivity contribution in [2.24, 2.45) is 5.92 Å². The van der Waals surface area contributed by atoms with Crippen molar-refractivity contribution in [3.63, 3.8) is 0 Å². The number of esters is 1. The van der Waals surface area contributed by atoms with Crippen LogP contribution in [0.1, 0.15) is 25.3 Å². The average molecular weight is 391 g/mol. The zero-order valence-electron chi connectivity index (χ0n) is 16.7. The van der Waals surface area contributed by atoms with Gasteiger partial charge in [0.1, 0.15) is 5.75 Å². The normalized spacial score (nSPS) is 16.9. The quantitative estimate of drug-likeness (QED) is 0.649. The van der Waals surface area contributed by atoms with Crippen molar-refractivity contribution in [1.29, 1.82) is 0 Å². The van der Waals surface area contributed by atoms with Crippen LogP contribution in [0.2, 0.25) is 0 Å². The van der Waals surface area contributed by atoms with Gasteiger partial charge in [0.05, 0.1) is 38.4 Å². The van der Waals surface area contributed by atoms with E-state index in [1.807, 2.05) is 24.0 Å². The van der Waals surface area contributed by atoms with Crippen molar-refractivity contribution in [1.82, 2.24) is 10.2 Å². The second kappa shape index (κ2) is 10.7. The van der Waals surface area contributed by atoms with Crippen LogP contribution in [0.15, 0.2) is 18.2 Å². The van der Waals surface area contributed by atoms with E-state index in [4.69, 9.17) is 9.47 Å². The van der Waals surface area contributed by atoms with Gasteiger partial charge in [-0.2, -0.15) is 0 Å². The molecule has 0 saturated carbocycles. The highest BCUT2D eigenvalue weighted by atomic mass is 16.5. The summed E-state index contributed by atoms with van der Waals surface area (Å²) in [5, 5.41) is 5.37. The second-order valence-corrected chi connectivity index (χ2v) is 6.85. The molecular formula is C20H29N3O5. The Balaban J connectivity index is 1.78. The van der Waals surface area contributed by atoms with Crippen LogP contribution in [0.3, 0.4) is 0 Å². The van der Waals surface area contributed by atoms with Gasteiger partial charge in [-0.25, -0.2) is 0 Å². The molecule has 1 aliphatic rings. The van der Waals surface area contributed by atoms with Crippen LogP contribution in [0.5, 0.6) is 5.75 Å². The first-order valence-electron chi connectivity index (χ1n) is 9.53. The summed E-state index contributed by atoms with van der Waals surface area (Å²) in [5.41, 5.74) is 1.55. The standard InChI is InChI=1S/C20H29N3O5/c1-4-28-20(26)15-6-5-9-23(12-15)13-19(25)21-11-18(24)22-16-10-14(2)7-8-17(16)27-3/h7-8,10,15H,4-6,9,11-13H2,1-3H3,(H,21,25)(H,22,24)/t15-/m1/s1. The van der Waals surface area contributed by atoms with Crippen LogP contribution in [0, 0.1) is 12.8 Å². The number of benzene rings is 1. The van der Waals surface area contributed by atoms with Gasteiger partial charge in [-0.05, 0) is 50.9 Å². The number of methoxy groups -OCH3 is 1. The van der Waals surface area contributed by atoms with E-state index in [9.17, 15) is 14.4 Å². The van der Waals surface area contributed by atoms with E-state index >= 15 is 0 Å². The number of carbonyl (C=O) groups excluding carboxylic acids is 3. The molecule has 0 aliphatic carbocycles. The summed E-state index contributed by atoms with van der Waals surface area (Å²) in [6, 6.07) is 5.47. The van der Waals surface area contributed by atoms with Gasteiger partial charge in [-0.1, -0.05) is 6.07 Å². The molecule has 28 heavy (non-hydrogen) atoms. The number of nitrogens with zero attached hydrogens (tertiary/aromatic N) is 1. The van der Waals surface area contributed by atoms with Crippen LogP contribution in [-0.4, -0.2) is 62.6 Å². The van der Waals surface area contributed by atoms with Crippen LogP contribution in [0.25, 0.3) is 0 Å². The van der Waals surface area contributed by atoms with Gasteiger partial charge in [0, 0.05) is 6.54 Å². The Morgan fingerprint density at radius 1 is 1.25 bits per heavy atom. The monoisotopic (exact) mass is 391 g/mol. The molecule has 0 unspecified atom stereocenters. The van der Waals surface area contributed by atoms with Crippen LogP contribution >= 0.6 is 0 Å². The molecule has 1 aromatic rings. The van der Waals surface area contributed by atoms with Crippen molar-refractivity contribution >= 4 is 23.5 Å². The maximum atomic E-state index is 12.2. The zero-order chi connectivity index (χ0) is 20.5. The number of carbonyl (C=O) groups is 3. The number of anilines is 1. The number of hydrogen-bond acceptors (Lipinski definition) is 6. The summed E-state index contributed by atoms with van der Waals surface area (Å²) in [7, 11) is 1.53. The van der Waals surface area contributed by atoms with E-state index in [1.54, 1.807) is 13.0 Å². The summed E-state index contributed by atoms with van der Waals surface area (Å²) in [6.07, 6.45) is 1.61. The summed E-state index contributed by atoms with van der Waals surface area (Å²) in [4.78, 5) is 38.1. The van der Waals surface area contributed by atoms with E-state index in [1.165, 1.54) is 7.11 Å². The number of aryl methyl sites for hydroxylation is 1. The number of hydrogen-bond donors (Lipinski definition) is 2. The van der Waals surface area contributed by atoms with Crippen LogP contribution in [0.4, 0.5) is 5.69 Å². The minimum Gasteiger partial charge on any atom is -0.495 e. The van der Waals surface area contributed by atoms with Gasteiger partial charge in [0.25, 0.3) is 0 Å². The fourth-order valence-electron chi connectivity index (χ4n) is 3.20. The fourth-order valence-corrected chi connectivity index (χ4v) is 3.20. The summed E-state index contributed by atoms with van der Waals surface area (Å²) in [6.45, 7) is 5.32.